The van der Waals surface area contributed by atoms with E-state index in [0.29, 0.717) is 24.9 Å². The molecule has 1 atom stereocenters. The molecule has 1 aliphatic carbocycles. The van der Waals surface area contributed by atoms with Gasteiger partial charge in [0.05, 0.1) is 17.5 Å². The molecule has 1 aliphatic heterocycles. The van der Waals surface area contributed by atoms with Gasteiger partial charge in [-0.1, -0.05) is 61.4 Å². The van der Waals surface area contributed by atoms with Gasteiger partial charge in [-0.15, -0.1) is 0 Å². The molecule has 0 unspecified atom stereocenters. The normalized spacial score (nSPS) is 19.0. The maximum atomic E-state index is 13.0. The molecule has 1 saturated carbocycles. The molecule has 4 rings (SSSR count). The van der Waals surface area contributed by atoms with Crippen molar-refractivity contribution in [2.24, 2.45) is 0 Å². The van der Waals surface area contributed by atoms with Crippen molar-refractivity contribution >= 4 is 17.7 Å². The van der Waals surface area contributed by atoms with E-state index < -0.39 is 0 Å². The lowest BCUT2D eigenvalue weighted by Gasteiger charge is -2.37. The molecular weight excluding hydrogens is 418 g/mol. The molecule has 170 valence electrons. The van der Waals surface area contributed by atoms with Crippen LogP contribution in [-0.2, 0) is 4.79 Å². The number of carbonyl (C=O) groups is 1. The van der Waals surface area contributed by atoms with Crippen LogP contribution in [0, 0.1) is 25.2 Å². The molecule has 2 aromatic rings. The lowest BCUT2D eigenvalue weighted by molar-refractivity contribution is -0.130. The Labute approximate surface area is 195 Å². The maximum absolute atomic E-state index is 13.0. The smallest absolute Gasteiger partial charge is 0.233 e. The Morgan fingerprint density at radius 3 is 2.47 bits per heavy atom. The highest BCUT2D eigenvalue weighted by atomic mass is 32.2. The van der Waals surface area contributed by atoms with E-state index in [4.69, 9.17) is 4.98 Å². The van der Waals surface area contributed by atoms with Crippen molar-refractivity contribution in [1.82, 2.24) is 19.4 Å². The maximum Gasteiger partial charge on any atom is 0.233 e. The van der Waals surface area contributed by atoms with E-state index in [1.807, 2.05) is 35.2 Å². The molecular formula is C25H33N5OS. The van der Waals surface area contributed by atoms with Crippen molar-refractivity contribution in [1.29, 1.82) is 5.26 Å². The van der Waals surface area contributed by atoms with E-state index in [0.717, 1.165) is 29.5 Å². The van der Waals surface area contributed by atoms with E-state index in [9.17, 15) is 10.1 Å². The van der Waals surface area contributed by atoms with Gasteiger partial charge in [0.25, 0.3) is 0 Å². The number of nitrogens with zero attached hydrogens (tertiary/aromatic N) is 5. The number of piperazine rings is 1. The average molecular weight is 452 g/mol. The zero-order valence-corrected chi connectivity index (χ0v) is 20.0. The molecule has 0 bridgehead atoms. The summed E-state index contributed by atoms with van der Waals surface area (Å²) in [5.41, 5.74) is 3.33. The van der Waals surface area contributed by atoms with Crippen molar-refractivity contribution in [3.8, 4) is 6.07 Å². The first-order valence-electron chi connectivity index (χ1n) is 11.7. The fraction of sp³-hybridized carbons (Fsp3) is 0.560. The summed E-state index contributed by atoms with van der Waals surface area (Å²) in [6.45, 7) is 6.99. The summed E-state index contributed by atoms with van der Waals surface area (Å²) in [5.74, 6) is 0.583. The molecule has 0 radical (unpaired) electrons. The third kappa shape index (κ3) is 5.02. The number of hydrogen-bond donors (Lipinski definition) is 0. The Hall–Kier alpha value is -2.30. The molecule has 2 aliphatic rings. The van der Waals surface area contributed by atoms with Crippen LogP contribution in [0.3, 0.4) is 0 Å². The van der Waals surface area contributed by atoms with Crippen LogP contribution in [0.15, 0.2) is 35.5 Å². The summed E-state index contributed by atoms with van der Waals surface area (Å²) < 4.78 is 2.39. The van der Waals surface area contributed by atoms with Crippen LogP contribution in [-0.4, -0.2) is 57.2 Å². The number of imidazole rings is 1. The Morgan fingerprint density at radius 2 is 1.81 bits per heavy atom. The zero-order valence-electron chi connectivity index (χ0n) is 19.2. The van der Waals surface area contributed by atoms with Crippen molar-refractivity contribution < 1.29 is 4.79 Å². The fourth-order valence-corrected chi connectivity index (χ4v) is 5.98. The Kier molecular flexibility index (Phi) is 7.54. The third-order valence-electron chi connectivity index (χ3n) is 6.89. The summed E-state index contributed by atoms with van der Waals surface area (Å²) in [5, 5.41) is 10.7. The van der Waals surface area contributed by atoms with Crippen LogP contribution in [0.1, 0.15) is 61.1 Å². The topological polar surface area (TPSA) is 65.2 Å². The summed E-state index contributed by atoms with van der Waals surface area (Å²) in [7, 11) is 0. The first kappa shape index (κ1) is 22.9. The van der Waals surface area contributed by atoms with Gasteiger partial charge in [-0.2, -0.15) is 5.26 Å². The minimum Gasteiger partial charge on any atom is -0.339 e. The van der Waals surface area contributed by atoms with Crippen molar-refractivity contribution in [3.63, 3.8) is 0 Å². The van der Waals surface area contributed by atoms with E-state index in [1.165, 1.54) is 37.8 Å². The molecule has 1 amide bonds. The van der Waals surface area contributed by atoms with E-state index >= 15 is 0 Å². The number of aromatic nitrogens is 2. The Morgan fingerprint density at radius 1 is 1.12 bits per heavy atom. The fourth-order valence-electron chi connectivity index (χ4n) is 4.92. The number of benzene rings is 1. The van der Waals surface area contributed by atoms with Gasteiger partial charge in [0.1, 0.15) is 6.04 Å². The van der Waals surface area contributed by atoms with Gasteiger partial charge in [-0.25, -0.2) is 4.98 Å². The highest BCUT2D eigenvalue weighted by molar-refractivity contribution is 7.99. The SMILES string of the molecule is Cc1nc(SCC(=O)N2CCN([C@@H](C#N)c3ccccc3)CC2)n(C2CCCCC2)c1C. The molecule has 1 saturated heterocycles. The van der Waals surface area contributed by atoms with E-state index in [1.54, 1.807) is 11.8 Å². The van der Waals surface area contributed by atoms with E-state index in [2.05, 4.69) is 29.4 Å². The second-order valence-corrected chi connectivity index (χ2v) is 9.82. The van der Waals surface area contributed by atoms with Crippen molar-refractivity contribution in [2.45, 2.75) is 63.2 Å². The molecule has 2 fully saturated rings. The molecule has 1 aromatic heterocycles. The van der Waals surface area contributed by atoms with Gasteiger partial charge in [-0.05, 0) is 32.3 Å². The zero-order chi connectivity index (χ0) is 22.5. The van der Waals surface area contributed by atoms with Gasteiger partial charge in [0.2, 0.25) is 5.91 Å². The molecule has 7 heteroatoms. The number of nitriles is 1. The molecule has 0 spiro atoms. The summed E-state index contributed by atoms with van der Waals surface area (Å²) in [4.78, 5) is 21.9. The van der Waals surface area contributed by atoms with Crippen LogP contribution in [0.2, 0.25) is 0 Å². The number of amides is 1. The van der Waals surface area contributed by atoms with Gasteiger partial charge < -0.3 is 9.47 Å². The summed E-state index contributed by atoms with van der Waals surface area (Å²) >= 11 is 1.58. The second kappa shape index (κ2) is 10.5. The quantitative estimate of drug-likeness (QED) is 0.605. The number of hydrogen-bond acceptors (Lipinski definition) is 5. The lowest BCUT2D eigenvalue weighted by atomic mass is 9.95. The van der Waals surface area contributed by atoms with Crippen LogP contribution >= 0.6 is 11.8 Å². The molecule has 2 heterocycles. The molecule has 32 heavy (non-hydrogen) atoms. The minimum absolute atomic E-state index is 0.163. The number of carbonyl (C=O) groups excluding carboxylic acids is 1. The van der Waals surface area contributed by atoms with Crippen LogP contribution in [0.5, 0.6) is 0 Å². The largest absolute Gasteiger partial charge is 0.339 e. The molecule has 0 N–H and O–H groups in total. The van der Waals surface area contributed by atoms with Gasteiger partial charge in [0, 0.05) is 37.9 Å². The van der Waals surface area contributed by atoms with Gasteiger partial charge in [-0.3, -0.25) is 9.69 Å². The molecule has 1 aromatic carbocycles. The van der Waals surface area contributed by atoms with Gasteiger partial charge >= 0.3 is 0 Å². The second-order valence-electron chi connectivity index (χ2n) is 8.87. The van der Waals surface area contributed by atoms with Crippen molar-refractivity contribution in [2.75, 3.05) is 31.9 Å². The molecule has 6 nitrogen and oxygen atoms in total. The summed E-state index contributed by atoms with van der Waals surface area (Å²) in [6, 6.07) is 12.6. The average Bonchev–Trinajstić information content (AvgIpc) is 3.13. The Bertz CT molecular complexity index is 953. The predicted octanol–water partition coefficient (Wildman–Crippen LogP) is 4.51. The van der Waals surface area contributed by atoms with Crippen LogP contribution in [0.4, 0.5) is 0 Å². The first-order valence-corrected chi connectivity index (χ1v) is 12.7. The predicted molar refractivity (Wildman–Crippen MR) is 127 cm³/mol. The first-order chi connectivity index (χ1) is 15.6. The standard InChI is InChI=1S/C25H33N5OS/c1-19-20(2)30(22-11-7-4-8-12-22)25(27-19)32-18-24(31)29-15-13-28(14-16-29)23(17-26)21-9-5-3-6-10-21/h3,5-6,9-10,22-23H,4,7-8,11-16,18H2,1-2H3/t23-/m0/s1. The lowest BCUT2D eigenvalue weighted by Crippen LogP contribution is -2.50. The number of aryl methyl sites for hydroxylation is 1. The summed E-state index contributed by atoms with van der Waals surface area (Å²) in [6.07, 6.45) is 6.30. The monoisotopic (exact) mass is 451 g/mol. The van der Waals surface area contributed by atoms with Crippen LogP contribution < -0.4 is 0 Å². The highest BCUT2D eigenvalue weighted by Crippen LogP contribution is 2.34. The van der Waals surface area contributed by atoms with Crippen molar-refractivity contribution in [3.05, 3.63) is 47.3 Å². The minimum atomic E-state index is -0.253. The number of thioether (sulfide) groups is 1. The van der Waals surface area contributed by atoms with Gasteiger partial charge in [0.15, 0.2) is 5.16 Å². The number of rotatable bonds is 6. The van der Waals surface area contributed by atoms with Crippen LogP contribution in [0.25, 0.3) is 0 Å². The van der Waals surface area contributed by atoms with E-state index in [-0.39, 0.29) is 11.9 Å². The highest BCUT2D eigenvalue weighted by Gasteiger charge is 2.28. The third-order valence-corrected chi connectivity index (χ3v) is 7.83. The Balaban J connectivity index is 1.33.